The number of nitriles is 2. The van der Waals surface area contributed by atoms with E-state index in [-0.39, 0.29) is 29.7 Å². The van der Waals surface area contributed by atoms with Crippen LogP contribution in [0.1, 0.15) is 40.1 Å². The Hall–Kier alpha value is -4.43. The zero-order valence-electron chi connectivity index (χ0n) is 17.1. The van der Waals surface area contributed by atoms with Crippen LogP contribution >= 0.6 is 0 Å². The number of anilines is 2. The maximum Gasteiger partial charge on any atom is 0.337 e. The van der Waals surface area contributed by atoms with Gasteiger partial charge in [0.15, 0.2) is 11.5 Å². The van der Waals surface area contributed by atoms with E-state index < -0.39 is 5.97 Å². The zero-order chi connectivity index (χ0) is 22.5. The van der Waals surface area contributed by atoms with E-state index in [9.17, 15) is 15.2 Å². The van der Waals surface area contributed by atoms with Crippen LogP contribution in [0.4, 0.5) is 11.5 Å². The van der Waals surface area contributed by atoms with Gasteiger partial charge in [-0.25, -0.2) is 14.8 Å². The molecule has 1 atom stereocenters. The third-order valence-electron chi connectivity index (χ3n) is 4.67. The molecule has 8 heteroatoms. The Balaban J connectivity index is 2.07. The van der Waals surface area contributed by atoms with Crippen molar-refractivity contribution >= 4 is 28.5 Å². The minimum atomic E-state index is -1.02. The Morgan fingerprint density at radius 3 is 2.68 bits per heavy atom. The highest BCUT2D eigenvalue weighted by Gasteiger charge is 2.18. The van der Waals surface area contributed by atoms with E-state index in [2.05, 4.69) is 27.2 Å². The normalized spacial score (nSPS) is 11.2. The number of aromatic carboxylic acids is 1. The molecule has 0 unspecified atom stereocenters. The number of nitrogens with zero attached hydrogens (tertiary/aromatic N) is 4. The summed E-state index contributed by atoms with van der Waals surface area (Å²) in [6.45, 7) is 7.58. The number of carboxylic acids is 1. The van der Waals surface area contributed by atoms with E-state index in [1.807, 2.05) is 38.1 Å². The first-order valence-electron chi connectivity index (χ1n) is 9.47. The highest BCUT2D eigenvalue weighted by molar-refractivity contribution is 5.94. The monoisotopic (exact) mass is 412 g/mol. The summed E-state index contributed by atoms with van der Waals surface area (Å²) < 4.78 is 0. The fraction of sp³-hybridized carbons (Fsp3) is 0.174. The topological polar surface area (TPSA) is 135 Å². The Kier molecular flexibility index (Phi) is 6.13. The van der Waals surface area contributed by atoms with Gasteiger partial charge < -0.3 is 15.7 Å². The van der Waals surface area contributed by atoms with Gasteiger partial charge in [0, 0.05) is 16.8 Å². The molecule has 3 rings (SSSR count). The Labute approximate surface area is 179 Å². The lowest BCUT2D eigenvalue weighted by atomic mass is 10.0. The van der Waals surface area contributed by atoms with Gasteiger partial charge in [0.05, 0.1) is 35.3 Å². The van der Waals surface area contributed by atoms with Gasteiger partial charge in [0.25, 0.3) is 0 Å². The number of carbonyl (C=O) groups is 1. The lowest BCUT2D eigenvalue weighted by Crippen LogP contribution is -2.13. The summed E-state index contributed by atoms with van der Waals surface area (Å²) in [6, 6.07) is 14.1. The van der Waals surface area contributed by atoms with Gasteiger partial charge in [-0.15, -0.1) is 0 Å². The predicted molar refractivity (Wildman–Crippen MR) is 118 cm³/mol. The number of nitrogens with one attached hydrogen (secondary N) is 2. The molecule has 2 aromatic carbocycles. The molecule has 0 amide bonds. The summed E-state index contributed by atoms with van der Waals surface area (Å²) in [4.78, 5) is 20.6. The van der Waals surface area contributed by atoms with E-state index in [4.69, 9.17) is 5.26 Å². The first-order chi connectivity index (χ1) is 14.8. The maximum atomic E-state index is 11.5. The van der Waals surface area contributed by atoms with Crippen molar-refractivity contribution in [1.29, 1.82) is 10.5 Å². The van der Waals surface area contributed by atoms with E-state index in [1.54, 1.807) is 18.2 Å². The summed E-state index contributed by atoms with van der Waals surface area (Å²) in [7, 11) is 0. The highest BCUT2D eigenvalue weighted by atomic mass is 16.4. The molecule has 0 saturated heterocycles. The van der Waals surface area contributed by atoms with Crippen LogP contribution in [-0.2, 0) is 0 Å². The number of aromatic nitrogens is 2. The SMILES string of the molecule is C=C(C#N)CNc1nc2c([C@@H](C)Nc3ccccc3C(=O)O)cc(C)cc2nc1C#N. The van der Waals surface area contributed by atoms with Crippen molar-refractivity contribution in [3.8, 4) is 12.1 Å². The highest BCUT2D eigenvalue weighted by Crippen LogP contribution is 2.29. The number of carboxylic acid groups (broad SMARTS) is 1. The smallest absolute Gasteiger partial charge is 0.337 e. The molecule has 0 fully saturated rings. The minimum absolute atomic E-state index is 0.117. The van der Waals surface area contributed by atoms with Crippen LogP contribution in [0, 0.1) is 29.6 Å². The van der Waals surface area contributed by atoms with Crippen LogP contribution in [0.15, 0.2) is 48.6 Å². The van der Waals surface area contributed by atoms with Gasteiger partial charge >= 0.3 is 5.97 Å². The number of para-hydroxylation sites is 1. The lowest BCUT2D eigenvalue weighted by Gasteiger charge is -2.20. The molecule has 8 nitrogen and oxygen atoms in total. The van der Waals surface area contributed by atoms with E-state index in [0.717, 1.165) is 11.1 Å². The molecule has 0 saturated carbocycles. The van der Waals surface area contributed by atoms with Gasteiger partial charge in [-0.05, 0) is 37.6 Å². The molecule has 0 radical (unpaired) electrons. The zero-order valence-corrected chi connectivity index (χ0v) is 17.1. The number of aryl methyl sites for hydroxylation is 1. The largest absolute Gasteiger partial charge is 0.478 e. The Morgan fingerprint density at radius 2 is 2.00 bits per heavy atom. The average Bonchev–Trinajstić information content (AvgIpc) is 2.76. The van der Waals surface area contributed by atoms with Crippen LogP contribution in [0.2, 0.25) is 0 Å². The van der Waals surface area contributed by atoms with Crippen molar-refractivity contribution in [2.75, 3.05) is 17.2 Å². The van der Waals surface area contributed by atoms with Crippen LogP contribution < -0.4 is 10.6 Å². The Bertz CT molecular complexity index is 1270. The van der Waals surface area contributed by atoms with Crippen molar-refractivity contribution in [2.24, 2.45) is 0 Å². The second kappa shape index (κ2) is 8.93. The van der Waals surface area contributed by atoms with Crippen LogP contribution in [0.25, 0.3) is 11.0 Å². The van der Waals surface area contributed by atoms with Gasteiger partial charge in [0.1, 0.15) is 6.07 Å². The van der Waals surface area contributed by atoms with Crippen molar-refractivity contribution in [3.05, 3.63) is 70.9 Å². The fourth-order valence-electron chi connectivity index (χ4n) is 3.20. The number of fused-ring (bicyclic) bond motifs is 1. The molecule has 0 spiro atoms. The maximum absolute atomic E-state index is 11.5. The van der Waals surface area contributed by atoms with E-state index in [1.165, 1.54) is 6.07 Å². The van der Waals surface area contributed by atoms with Gasteiger partial charge in [-0.3, -0.25) is 0 Å². The molecular weight excluding hydrogens is 392 g/mol. The molecule has 31 heavy (non-hydrogen) atoms. The molecule has 154 valence electrons. The molecule has 1 heterocycles. The first-order valence-corrected chi connectivity index (χ1v) is 9.47. The predicted octanol–water partition coefficient (Wildman–Crippen LogP) is 4.17. The summed E-state index contributed by atoms with van der Waals surface area (Å²) >= 11 is 0. The van der Waals surface area contributed by atoms with Crippen LogP contribution in [0.5, 0.6) is 0 Å². The van der Waals surface area contributed by atoms with Crippen molar-refractivity contribution < 1.29 is 9.90 Å². The number of rotatable bonds is 7. The molecule has 0 aliphatic carbocycles. The molecule has 0 aliphatic heterocycles. The second-order valence-electron chi connectivity index (χ2n) is 7.04. The molecule has 0 bridgehead atoms. The molecule has 0 aliphatic rings. The van der Waals surface area contributed by atoms with Crippen molar-refractivity contribution in [1.82, 2.24) is 9.97 Å². The summed E-state index contributed by atoms with van der Waals surface area (Å²) in [5, 5.41) is 34.0. The third kappa shape index (κ3) is 4.60. The van der Waals surface area contributed by atoms with Crippen molar-refractivity contribution in [3.63, 3.8) is 0 Å². The van der Waals surface area contributed by atoms with E-state index >= 15 is 0 Å². The molecule has 1 aromatic heterocycles. The van der Waals surface area contributed by atoms with Gasteiger partial charge in [0.2, 0.25) is 0 Å². The third-order valence-corrected chi connectivity index (χ3v) is 4.67. The molecular formula is C23H20N6O2. The lowest BCUT2D eigenvalue weighted by molar-refractivity contribution is 0.0698. The average molecular weight is 412 g/mol. The van der Waals surface area contributed by atoms with Gasteiger partial charge in [-0.1, -0.05) is 24.8 Å². The van der Waals surface area contributed by atoms with Gasteiger partial charge in [-0.2, -0.15) is 10.5 Å². The van der Waals surface area contributed by atoms with Crippen molar-refractivity contribution in [2.45, 2.75) is 19.9 Å². The standard InChI is InChI=1S/C23H20N6O2/c1-13-8-17(15(3)27-18-7-5-4-6-16(18)23(30)31)21-19(9-13)28-20(11-25)22(29-21)26-12-14(2)10-24/h4-9,15,27H,2,12H2,1,3H3,(H,26,29)(H,30,31)/t15-/m1/s1. The number of hydrogen-bond acceptors (Lipinski definition) is 7. The Morgan fingerprint density at radius 1 is 1.26 bits per heavy atom. The number of hydrogen-bond donors (Lipinski definition) is 3. The number of benzene rings is 2. The summed E-state index contributed by atoms with van der Waals surface area (Å²) in [6.07, 6.45) is 0. The molecule has 3 N–H and O–H groups in total. The minimum Gasteiger partial charge on any atom is -0.478 e. The van der Waals surface area contributed by atoms with Crippen LogP contribution in [0.3, 0.4) is 0 Å². The first kappa shape index (κ1) is 21.3. The second-order valence-corrected chi connectivity index (χ2v) is 7.04. The molecule has 3 aromatic rings. The summed E-state index contributed by atoms with van der Waals surface area (Å²) in [5.74, 6) is -0.762. The fourth-order valence-corrected chi connectivity index (χ4v) is 3.20. The quantitative estimate of drug-likeness (QED) is 0.492. The van der Waals surface area contributed by atoms with Crippen LogP contribution in [-0.4, -0.2) is 27.6 Å². The summed E-state index contributed by atoms with van der Waals surface area (Å²) in [5.41, 5.74) is 3.93. The van der Waals surface area contributed by atoms with E-state index in [0.29, 0.717) is 22.3 Å².